The Kier molecular flexibility index (Phi) is 2.90. The summed E-state index contributed by atoms with van der Waals surface area (Å²) in [5.74, 6) is -0.0903. The van der Waals surface area contributed by atoms with Gasteiger partial charge in [-0.15, -0.1) is 0 Å². The van der Waals surface area contributed by atoms with E-state index in [1.807, 2.05) is 6.92 Å². The van der Waals surface area contributed by atoms with Crippen LogP contribution in [0.1, 0.15) is 6.92 Å². The fourth-order valence-corrected chi connectivity index (χ4v) is 1.07. The highest BCUT2D eigenvalue weighted by atomic mass is 16.2. The zero-order valence-electron chi connectivity index (χ0n) is 7.09. The minimum Gasteiger partial charge on any atom is -0.353 e. The second-order valence-corrected chi connectivity index (χ2v) is 2.61. The van der Waals surface area contributed by atoms with Gasteiger partial charge in [0.2, 0.25) is 5.91 Å². The molecule has 5 nitrogen and oxygen atoms in total. The number of hydrogen-bond acceptors (Lipinski definition) is 2. The Labute approximate surface area is 71.1 Å². The number of piperazine rings is 1. The summed E-state index contributed by atoms with van der Waals surface area (Å²) in [5.41, 5.74) is 0. The number of amides is 3. The van der Waals surface area contributed by atoms with E-state index in [1.54, 1.807) is 0 Å². The van der Waals surface area contributed by atoms with Crippen LogP contribution in [-0.4, -0.2) is 43.0 Å². The molecule has 0 radical (unpaired) electrons. The van der Waals surface area contributed by atoms with E-state index in [-0.39, 0.29) is 18.5 Å². The summed E-state index contributed by atoms with van der Waals surface area (Å²) in [5, 5.41) is 5.29. The molecule has 1 saturated heterocycles. The average Bonchev–Trinajstić information content (AvgIpc) is 2.05. The lowest BCUT2D eigenvalue weighted by molar-refractivity contribution is -0.123. The van der Waals surface area contributed by atoms with E-state index in [0.29, 0.717) is 19.6 Å². The first-order chi connectivity index (χ1) is 5.74. The number of carbonyl (C=O) groups is 2. The SMILES string of the molecule is CCNC(=O)N1CCNC(=O)C1. The predicted octanol–water partition coefficient (Wildman–Crippen LogP) is -0.852. The summed E-state index contributed by atoms with van der Waals surface area (Å²) in [4.78, 5) is 23.5. The van der Waals surface area contributed by atoms with E-state index in [9.17, 15) is 9.59 Å². The van der Waals surface area contributed by atoms with Gasteiger partial charge in [-0.1, -0.05) is 0 Å². The fraction of sp³-hybridized carbons (Fsp3) is 0.714. The van der Waals surface area contributed by atoms with Gasteiger partial charge in [0.15, 0.2) is 0 Å². The van der Waals surface area contributed by atoms with Crippen molar-refractivity contribution in [3.8, 4) is 0 Å². The van der Waals surface area contributed by atoms with Gasteiger partial charge in [-0.3, -0.25) is 4.79 Å². The molecule has 0 aromatic rings. The normalized spacial score (nSPS) is 17.1. The van der Waals surface area contributed by atoms with Crippen molar-refractivity contribution in [1.29, 1.82) is 0 Å². The van der Waals surface area contributed by atoms with Crippen molar-refractivity contribution < 1.29 is 9.59 Å². The standard InChI is InChI=1S/C7H13N3O2/c1-2-8-7(12)10-4-3-9-6(11)5-10/h2-5H2,1H3,(H,8,12)(H,9,11). The van der Waals surface area contributed by atoms with Crippen LogP contribution in [0.5, 0.6) is 0 Å². The third-order valence-corrected chi connectivity index (χ3v) is 1.65. The van der Waals surface area contributed by atoms with Crippen LogP contribution in [0.3, 0.4) is 0 Å². The van der Waals surface area contributed by atoms with Crippen LogP contribution in [0.4, 0.5) is 4.79 Å². The maximum Gasteiger partial charge on any atom is 0.317 e. The average molecular weight is 171 g/mol. The molecule has 1 fully saturated rings. The molecule has 1 aliphatic rings. The predicted molar refractivity (Wildman–Crippen MR) is 43.7 cm³/mol. The second-order valence-electron chi connectivity index (χ2n) is 2.61. The lowest BCUT2D eigenvalue weighted by atomic mass is 10.4. The Morgan fingerprint density at radius 1 is 1.75 bits per heavy atom. The molecule has 0 aliphatic carbocycles. The third-order valence-electron chi connectivity index (χ3n) is 1.65. The molecule has 68 valence electrons. The van der Waals surface area contributed by atoms with E-state index < -0.39 is 0 Å². The number of rotatable bonds is 1. The first-order valence-corrected chi connectivity index (χ1v) is 4.03. The molecule has 12 heavy (non-hydrogen) atoms. The molecule has 0 spiro atoms. The Morgan fingerprint density at radius 2 is 2.50 bits per heavy atom. The van der Waals surface area contributed by atoms with Gasteiger partial charge < -0.3 is 15.5 Å². The monoisotopic (exact) mass is 171 g/mol. The molecule has 3 amide bonds. The van der Waals surface area contributed by atoms with Crippen molar-refractivity contribution in [1.82, 2.24) is 15.5 Å². The highest BCUT2D eigenvalue weighted by molar-refractivity contribution is 5.85. The molecule has 1 rings (SSSR count). The molecule has 2 N–H and O–H groups in total. The minimum absolute atomic E-state index is 0.0903. The van der Waals surface area contributed by atoms with Gasteiger partial charge in [-0.2, -0.15) is 0 Å². The molecular formula is C7H13N3O2. The van der Waals surface area contributed by atoms with Crippen LogP contribution in [0.15, 0.2) is 0 Å². The topological polar surface area (TPSA) is 61.4 Å². The summed E-state index contributed by atoms with van der Waals surface area (Å²) in [6.07, 6.45) is 0. The summed E-state index contributed by atoms with van der Waals surface area (Å²) in [6, 6.07) is -0.160. The highest BCUT2D eigenvalue weighted by Crippen LogP contribution is 1.93. The molecule has 0 unspecified atom stereocenters. The number of nitrogens with one attached hydrogen (secondary N) is 2. The maximum atomic E-state index is 11.2. The zero-order chi connectivity index (χ0) is 8.97. The van der Waals surface area contributed by atoms with E-state index in [1.165, 1.54) is 4.90 Å². The summed E-state index contributed by atoms with van der Waals surface area (Å²) >= 11 is 0. The van der Waals surface area contributed by atoms with E-state index in [0.717, 1.165) is 0 Å². The van der Waals surface area contributed by atoms with Crippen molar-refractivity contribution in [2.45, 2.75) is 6.92 Å². The molecular weight excluding hydrogens is 158 g/mol. The van der Waals surface area contributed by atoms with Gasteiger partial charge >= 0.3 is 6.03 Å². The van der Waals surface area contributed by atoms with Crippen molar-refractivity contribution in [2.24, 2.45) is 0 Å². The molecule has 5 heteroatoms. The zero-order valence-corrected chi connectivity index (χ0v) is 7.09. The van der Waals surface area contributed by atoms with Crippen molar-refractivity contribution in [2.75, 3.05) is 26.2 Å². The molecule has 0 saturated carbocycles. The van der Waals surface area contributed by atoms with E-state index in [4.69, 9.17) is 0 Å². The fourth-order valence-electron chi connectivity index (χ4n) is 1.07. The molecule has 1 aliphatic heterocycles. The van der Waals surface area contributed by atoms with Gasteiger partial charge in [-0.25, -0.2) is 4.79 Å². The largest absolute Gasteiger partial charge is 0.353 e. The molecule has 0 atom stereocenters. The number of carbonyl (C=O) groups excluding carboxylic acids is 2. The molecule has 1 heterocycles. The van der Waals surface area contributed by atoms with E-state index >= 15 is 0 Å². The van der Waals surface area contributed by atoms with Gasteiger partial charge in [0.25, 0.3) is 0 Å². The highest BCUT2D eigenvalue weighted by Gasteiger charge is 2.19. The van der Waals surface area contributed by atoms with Crippen LogP contribution >= 0.6 is 0 Å². The van der Waals surface area contributed by atoms with Crippen molar-refractivity contribution in [3.05, 3.63) is 0 Å². The van der Waals surface area contributed by atoms with Crippen molar-refractivity contribution >= 4 is 11.9 Å². The van der Waals surface area contributed by atoms with Crippen LogP contribution < -0.4 is 10.6 Å². The van der Waals surface area contributed by atoms with Crippen LogP contribution in [0, 0.1) is 0 Å². The lowest BCUT2D eigenvalue weighted by Gasteiger charge is -2.26. The second kappa shape index (κ2) is 3.94. The van der Waals surface area contributed by atoms with Crippen LogP contribution in [-0.2, 0) is 4.79 Å². The van der Waals surface area contributed by atoms with Gasteiger partial charge in [0.1, 0.15) is 6.54 Å². The number of hydrogen-bond donors (Lipinski definition) is 2. The number of nitrogens with zero attached hydrogens (tertiary/aromatic N) is 1. The molecule has 0 aromatic heterocycles. The smallest absolute Gasteiger partial charge is 0.317 e. The first kappa shape index (κ1) is 8.83. The summed E-state index contributed by atoms with van der Waals surface area (Å²) in [7, 11) is 0. The van der Waals surface area contributed by atoms with Crippen LogP contribution in [0.25, 0.3) is 0 Å². The quantitative estimate of drug-likeness (QED) is 0.539. The Hall–Kier alpha value is -1.26. The van der Waals surface area contributed by atoms with Gasteiger partial charge in [0.05, 0.1) is 0 Å². The first-order valence-electron chi connectivity index (χ1n) is 4.03. The lowest BCUT2D eigenvalue weighted by Crippen LogP contribution is -2.52. The minimum atomic E-state index is -0.160. The maximum absolute atomic E-state index is 11.2. The molecule has 0 aromatic carbocycles. The summed E-state index contributed by atoms with van der Waals surface area (Å²) in [6.45, 7) is 3.76. The third kappa shape index (κ3) is 2.11. The number of urea groups is 1. The Bertz CT molecular complexity index is 193. The van der Waals surface area contributed by atoms with Gasteiger partial charge in [-0.05, 0) is 6.92 Å². The van der Waals surface area contributed by atoms with Crippen LogP contribution in [0.2, 0.25) is 0 Å². The Morgan fingerprint density at radius 3 is 3.08 bits per heavy atom. The Balaban J connectivity index is 2.40. The summed E-state index contributed by atoms with van der Waals surface area (Å²) < 4.78 is 0. The van der Waals surface area contributed by atoms with Gasteiger partial charge in [0, 0.05) is 19.6 Å². The molecule has 0 bridgehead atoms. The van der Waals surface area contributed by atoms with E-state index in [2.05, 4.69) is 10.6 Å². The van der Waals surface area contributed by atoms with Crippen molar-refractivity contribution in [3.63, 3.8) is 0 Å².